The minimum absolute atomic E-state index is 0.342. The molecule has 1 aliphatic rings. The van der Waals surface area contributed by atoms with Gasteiger partial charge in [0.2, 0.25) is 21.8 Å². The molecular formula is C11H11N3O6S. The van der Waals surface area contributed by atoms with Crippen LogP contribution in [-0.4, -0.2) is 42.0 Å². The van der Waals surface area contributed by atoms with Gasteiger partial charge in [0.05, 0.1) is 16.4 Å². The molecule has 0 saturated carbocycles. The predicted octanol–water partition coefficient (Wildman–Crippen LogP) is -0.370. The van der Waals surface area contributed by atoms with Crippen LogP contribution in [-0.2, 0) is 19.6 Å². The van der Waals surface area contributed by atoms with E-state index in [2.05, 4.69) is 0 Å². The number of nitro groups is 1. The molecule has 0 bridgehead atoms. The predicted molar refractivity (Wildman–Crippen MR) is 69.6 cm³/mol. The summed E-state index contributed by atoms with van der Waals surface area (Å²) in [6.45, 7) is 0.814. The molecule has 112 valence electrons. The number of hydrogen-bond donors (Lipinski definition) is 1. The number of sulfonamides is 1. The third-order valence-corrected chi connectivity index (χ3v) is 4.92. The molecule has 2 rings (SSSR count). The number of benzene rings is 1. The summed E-state index contributed by atoms with van der Waals surface area (Å²) in [4.78, 5) is 32.5. The maximum absolute atomic E-state index is 12.4. The molecule has 1 aromatic carbocycles. The van der Waals surface area contributed by atoms with Crippen molar-refractivity contribution in [2.24, 2.45) is 0 Å². The summed E-state index contributed by atoms with van der Waals surface area (Å²) in [6, 6.07) is 3.36. The molecule has 0 aromatic heterocycles. The Bertz CT molecular complexity index is 729. The summed E-state index contributed by atoms with van der Waals surface area (Å²) in [5.74, 6) is -1.48. The first-order chi connectivity index (χ1) is 9.73. The van der Waals surface area contributed by atoms with E-state index in [1.54, 1.807) is 0 Å². The fourth-order valence-electron chi connectivity index (χ4n) is 1.88. The van der Waals surface area contributed by atoms with Crippen LogP contribution in [0, 0.1) is 10.1 Å². The van der Waals surface area contributed by atoms with E-state index >= 15 is 0 Å². The van der Waals surface area contributed by atoms with E-state index in [0.29, 0.717) is 4.31 Å². The minimum Gasteiger partial charge on any atom is -0.294 e. The lowest BCUT2D eigenvalue weighted by Crippen LogP contribution is -2.58. The molecular weight excluding hydrogens is 302 g/mol. The fraction of sp³-hybridized carbons (Fsp3) is 0.273. The van der Waals surface area contributed by atoms with Gasteiger partial charge in [-0.1, -0.05) is 6.07 Å². The quantitative estimate of drug-likeness (QED) is 0.461. The van der Waals surface area contributed by atoms with Crippen molar-refractivity contribution in [3.8, 4) is 0 Å². The summed E-state index contributed by atoms with van der Waals surface area (Å²) in [6.07, 6.45) is 0. The zero-order valence-electron chi connectivity index (χ0n) is 10.8. The molecule has 2 amide bonds. The lowest BCUT2D eigenvalue weighted by atomic mass is 10.2. The second kappa shape index (κ2) is 5.22. The summed E-state index contributed by atoms with van der Waals surface area (Å²) in [7, 11) is -4.19. The van der Waals surface area contributed by atoms with Gasteiger partial charge >= 0.3 is 0 Å². The molecule has 10 heteroatoms. The third-order valence-electron chi connectivity index (χ3n) is 3.01. The SMILES string of the molecule is CC1C(=O)NC(=O)CN1S(=O)(=O)c1cccc([N+](=O)[O-])c1. The smallest absolute Gasteiger partial charge is 0.270 e. The minimum atomic E-state index is -4.19. The van der Waals surface area contributed by atoms with Gasteiger partial charge in [-0.25, -0.2) is 8.42 Å². The number of nitrogens with zero attached hydrogens (tertiary/aromatic N) is 2. The van der Waals surface area contributed by atoms with Crippen LogP contribution in [0.1, 0.15) is 6.92 Å². The van der Waals surface area contributed by atoms with Crippen LogP contribution in [0.25, 0.3) is 0 Å². The Morgan fingerprint density at radius 2 is 2.05 bits per heavy atom. The van der Waals surface area contributed by atoms with Crippen molar-refractivity contribution >= 4 is 27.5 Å². The number of non-ortho nitro benzene ring substituents is 1. The van der Waals surface area contributed by atoms with Crippen molar-refractivity contribution < 1.29 is 22.9 Å². The standard InChI is InChI=1S/C11H11N3O6S/c1-7-11(16)12-10(15)6-13(7)21(19,20)9-4-2-3-8(5-9)14(17)18/h2-5,7H,6H2,1H3,(H,12,15,16). The first kappa shape index (κ1) is 15.1. The number of carbonyl (C=O) groups excluding carboxylic acids is 2. The molecule has 0 radical (unpaired) electrons. The Balaban J connectivity index is 2.46. The number of amides is 2. The molecule has 1 unspecified atom stereocenters. The molecule has 0 aliphatic carbocycles. The average molecular weight is 313 g/mol. The Labute approximate surface area is 119 Å². The third kappa shape index (κ3) is 2.76. The Morgan fingerprint density at radius 3 is 2.67 bits per heavy atom. The number of nitro benzene ring substituents is 1. The maximum atomic E-state index is 12.4. The van der Waals surface area contributed by atoms with Gasteiger partial charge in [0.1, 0.15) is 6.04 Å². The molecule has 1 aliphatic heterocycles. The number of piperazine rings is 1. The summed E-state index contributed by atoms with van der Waals surface area (Å²) in [5, 5.41) is 12.7. The summed E-state index contributed by atoms with van der Waals surface area (Å²) >= 11 is 0. The number of hydrogen-bond acceptors (Lipinski definition) is 6. The lowest BCUT2D eigenvalue weighted by Gasteiger charge is -2.30. The number of nitrogens with one attached hydrogen (secondary N) is 1. The van der Waals surface area contributed by atoms with Crippen LogP contribution in [0.4, 0.5) is 5.69 Å². The van der Waals surface area contributed by atoms with Crippen LogP contribution in [0.2, 0.25) is 0 Å². The van der Waals surface area contributed by atoms with Crippen LogP contribution in [0.5, 0.6) is 0 Å². The molecule has 21 heavy (non-hydrogen) atoms. The van der Waals surface area contributed by atoms with Gasteiger partial charge in [0, 0.05) is 12.1 Å². The van der Waals surface area contributed by atoms with Crippen molar-refractivity contribution in [3.05, 3.63) is 34.4 Å². The van der Waals surface area contributed by atoms with Gasteiger partial charge in [-0.2, -0.15) is 4.31 Å². The molecule has 9 nitrogen and oxygen atoms in total. The second-order valence-corrected chi connectivity index (χ2v) is 6.28. The monoisotopic (exact) mass is 313 g/mol. The molecule has 1 N–H and O–H groups in total. The highest BCUT2D eigenvalue weighted by atomic mass is 32.2. The van der Waals surface area contributed by atoms with E-state index in [1.165, 1.54) is 19.1 Å². The summed E-state index contributed by atoms with van der Waals surface area (Å²) in [5.41, 5.74) is -0.392. The van der Waals surface area contributed by atoms with Crippen molar-refractivity contribution in [1.82, 2.24) is 9.62 Å². The van der Waals surface area contributed by atoms with Gasteiger partial charge < -0.3 is 0 Å². The van der Waals surface area contributed by atoms with Crippen LogP contribution >= 0.6 is 0 Å². The fourth-order valence-corrected chi connectivity index (χ4v) is 3.47. The van der Waals surface area contributed by atoms with Gasteiger partial charge in [-0.05, 0) is 13.0 Å². The highest BCUT2D eigenvalue weighted by molar-refractivity contribution is 7.89. The summed E-state index contributed by atoms with van der Waals surface area (Å²) < 4.78 is 25.6. The van der Waals surface area contributed by atoms with E-state index in [9.17, 15) is 28.1 Å². The van der Waals surface area contributed by atoms with Gasteiger partial charge in [-0.3, -0.25) is 25.0 Å². The van der Waals surface area contributed by atoms with Crippen LogP contribution in [0.15, 0.2) is 29.2 Å². The van der Waals surface area contributed by atoms with Crippen molar-refractivity contribution in [1.29, 1.82) is 0 Å². The van der Waals surface area contributed by atoms with E-state index in [1.807, 2.05) is 5.32 Å². The molecule has 1 saturated heterocycles. The van der Waals surface area contributed by atoms with E-state index in [-0.39, 0.29) is 4.90 Å². The topological polar surface area (TPSA) is 127 Å². The number of carbonyl (C=O) groups is 2. The average Bonchev–Trinajstić information content (AvgIpc) is 2.42. The first-order valence-electron chi connectivity index (χ1n) is 5.83. The highest BCUT2D eigenvalue weighted by Crippen LogP contribution is 2.23. The number of imide groups is 1. The van der Waals surface area contributed by atoms with Gasteiger partial charge in [-0.15, -0.1) is 0 Å². The number of rotatable bonds is 3. The Kier molecular flexibility index (Phi) is 3.75. The van der Waals surface area contributed by atoms with Crippen molar-refractivity contribution in [2.75, 3.05) is 6.54 Å². The Hall–Kier alpha value is -2.33. The zero-order chi connectivity index (χ0) is 15.8. The Morgan fingerprint density at radius 1 is 1.38 bits per heavy atom. The molecule has 0 spiro atoms. The van der Waals surface area contributed by atoms with Crippen molar-refractivity contribution in [3.63, 3.8) is 0 Å². The maximum Gasteiger partial charge on any atom is 0.270 e. The lowest BCUT2D eigenvalue weighted by molar-refractivity contribution is -0.385. The normalized spacial score (nSPS) is 20.1. The van der Waals surface area contributed by atoms with Crippen LogP contribution in [0.3, 0.4) is 0 Å². The highest BCUT2D eigenvalue weighted by Gasteiger charge is 2.39. The van der Waals surface area contributed by atoms with E-state index < -0.39 is 45.0 Å². The van der Waals surface area contributed by atoms with E-state index in [4.69, 9.17) is 0 Å². The molecule has 1 aromatic rings. The second-order valence-electron chi connectivity index (χ2n) is 4.39. The van der Waals surface area contributed by atoms with Crippen LogP contribution < -0.4 is 5.32 Å². The largest absolute Gasteiger partial charge is 0.294 e. The van der Waals surface area contributed by atoms with Crippen molar-refractivity contribution in [2.45, 2.75) is 17.9 Å². The van der Waals surface area contributed by atoms with Gasteiger partial charge in [0.25, 0.3) is 5.69 Å². The molecule has 1 fully saturated rings. The molecule has 1 atom stereocenters. The van der Waals surface area contributed by atoms with E-state index in [0.717, 1.165) is 12.1 Å². The zero-order valence-corrected chi connectivity index (χ0v) is 11.7. The first-order valence-corrected chi connectivity index (χ1v) is 7.27. The molecule has 1 heterocycles. The van der Waals surface area contributed by atoms with Gasteiger partial charge in [0.15, 0.2) is 0 Å².